The third-order valence-corrected chi connectivity index (χ3v) is 5.84. The second kappa shape index (κ2) is 11.5. The zero-order valence-corrected chi connectivity index (χ0v) is 20.2. The first-order valence-corrected chi connectivity index (χ1v) is 11.5. The standard InChI is InChI=1S/C27H26ClN5O2/c1-3-33(25-12-8-7-11-23(25)28)31-24-15-27(34)32(17-22-16-29-13-14-30-22)26(20(24)2)19-35-18-21-9-5-4-6-10-21/h3-16,31H,1,17-19H2,2H3. The van der Waals surface area contributed by atoms with Gasteiger partial charge in [-0.1, -0.05) is 60.6 Å². The lowest BCUT2D eigenvalue weighted by Crippen LogP contribution is -2.30. The molecule has 0 aliphatic carbocycles. The van der Waals surface area contributed by atoms with Gasteiger partial charge in [-0.25, -0.2) is 0 Å². The average molecular weight is 488 g/mol. The average Bonchev–Trinajstić information content (AvgIpc) is 2.88. The Kier molecular flexibility index (Phi) is 7.92. The molecule has 8 heteroatoms. The van der Waals surface area contributed by atoms with Crippen LogP contribution in [0.15, 0.2) is 96.8 Å². The molecular weight excluding hydrogens is 462 g/mol. The molecule has 4 aromatic rings. The van der Waals surface area contributed by atoms with Crippen LogP contribution in [-0.4, -0.2) is 14.5 Å². The van der Waals surface area contributed by atoms with E-state index in [9.17, 15) is 4.79 Å². The predicted octanol–water partition coefficient (Wildman–Crippen LogP) is 5.34. The van der Waals surface area contributed by atoms with Crippen LogP contribution in [0.2, 0.25) is 5.02 Å². The van der Waals surface area contributed by atoms with Crippen LogP contribution in [-0.2, 0) is 24.5 Å². The van der Waals surface area contributed by atoms with Crippen molar-refractivity contribution in [2.45, 2.75) is 26.7 Å². The van der Waals surface area contributed by atoms with Crippen molar-refractivity contribution in [2.24, 2.45) is 0 Å². The molecule has 178 valence electrons. The zero-order chi connectivity index (χ0) is 24.6. The van der Waals surface area contributed by atoms with Gasteiger partial charge in [0.15, 0.2) is 0 Å². The van der Waals surface area contributed by atoms with E-state index in [1.807, 2.05) is 55.5 Å². The van der Waals surface area contributed by atoms with Crippen LogP contribution in [0, 0.1) is 6.92 Å². The number of rotatable bonds is 10. The minimum Gasteiger partial charge on any atom is -0.371 e. The van der Waals surface area contributed by atoms with E-state index in [1.54, 1.807) is 46.5 Å². The largest absolute Gasteiger partial charge is 0.371 e. The molecule has 2 aromatic carbocycles. The minimum absolute atomic E-state index is 0.190. The Hall–Kier alpha value is -3.94. The lowest BCUT2D eigenvalue weighted by Gasteiger charge is -2.26. The molecule has 0 saturated carbocycles. The number of ether oxygens (including phenoxy) is 1. The Bertz CT molecular complexity index is 1340. The molecule has 0 aliphatic rings. The molecule has 2 heterocycles. The van der Waals surface area contributed by atoms with Gasteiger partial charge >= 0.3 is 0 Å². The first-order chi connectivity index (χ1) is 17.1. The number of nitrogens with one attached hydrogen (secondary N) is 1. The Morgan fingerprint density at radius 3 is 2.60 bits per heavy atom. The number of hydrogen-bond acceptors (Lipinski definition) is 6. The molecular formula is C27H26ClN5O2. The molecule has 0 bridgehead atoms. The number of para-hydroxylation sites is 1. The number of hydrogen-bond donors (Lipinski definition) is 1. The van der Waals surface area contributed by atoms with Crippen LogP contribution in [0.4, 0.5) is 11.4 Å². The number of benzene rings is 2. The van der Waals surface area contributed by atoms with Gasteiger partial charge in [0.05, 0.1) is 53.7 Å². The van der Waals surface area contributed by atoms with Crippen molar-refractivity contribution in [3.8, 4) is 0 Å². The highest BCUT2D eigenvalue weighted by molar-refractivity contribution is 6.33. The molecule has 0 fully saturated rings. The summed E-state index contributed by atoms with van der Waals surface area (Å²) in [7, 11) is 0. The molecule has 7 nitrogen and oxygen atoms in total. The van der Waals surface area contributed by atoms with Gasteiger partial charge in [-0.15, -0.1) is 0 Å². The van der Waals surface area contributed by atoms with E-state index < -0.39 is 0 Å². The van der Waals surface area contributed by atoms with Gasteiger partial charge in [0.25, 0.3) is 5.56 Å². The third kappa shape index (κ3) is 5.95. The van der Waals surface area contributed by atoms with Crippen LogP contribution < -0.4 is 16.0 Å². The second-order valence-corrected chi connectivity index (χ2v) is 8.25. The fourth-order valence-electron chi connectivity index (χ4n) is 3.67. The summed E-state index contributed by atoms with van der Waals surface area (Å²) in [4.78, 5) is 21.7. The van der Waals surface area contributed by atoms with Crippen LogP contribution >= 0.6 is 11.6 Å². The minimum atomic E-state index is -0.190. The fraction of sp³-hybridized carbons (Fsp3) is 0.148. The van der Waals surface area contributed by atoms with Gasteiger partial charge in [-0.05, 0) is 30.2 Å². The number of anilines is 2. The van der Waals surface area contributed by atoms with Crippen molar-refractivity contribution in [1.29, 1.82) is 0 Å². The molecule has 0 saturated heterocycles. The highest BCUT2D eigenvalue weighted by Gasteiger charge is 2.16. The summed E-state index contributed by atoms with van der Waals surface area (Å²) in [5, 5.41) is 2.24. The highest BCUT2D eigenvalue weighted by Crippen LogP contribution is 2.27. The smallest absolute Gasteiger partial charge is 0.253 e. The van der Waals surface area contributed by atoms with Crippen molar-refractivity contribution in [1.82, 2.24) is 14.5 Å². The van der Waals surface area contributed by atoms with E-state index in [2.05, 4.69) is 22.0 Å². The molecule has 35 heavy (non-hydrogen) atoms. The molecule has 4 rings (SSSR count). The van der Waals surface area contributed by atoms with E-state index in [0.29, 0.717) is 28.7 Å². The van der Waals surface area contributed by atoms with E-state index in [4.69, 9.17) is 16.3 Å². The lowest BCUT2D eigenvalue weighted by molar-refractivity contribution is 0.101. The number of nitrogens with zero attached hydrogens (tertiary/aromatic N) is 4. The normalized spacial score (nSPS) is 10.7. The van der Waals surface area contributed by atoms with Crippen molar-refractivity contribution >= 4 is 23.0 Å². The van der Waals surface area contributed by atoms with Crippen LogP contribution in [0.5, 0.6) is 0 Å². The van der Waals surface area contributed by atoms with Crippen molar-refractivity contribution in [2.75, 3.05) is 10.4 Å². The fourth-order valence-corrected chi connectivity index (χ4v) is 3.90. The van der Waals surface area contributed by atoms with Crippen LogP contribution in [0.1, 0.15) is 22.5 Å². The van der Waals surface area contributed by atoms with Crippen molar-refractivity contribution in [3.63, 3.8) is 0 Å². The molecule has 0 amide bonds. The van der Waals surface area contributed by atoms with Gasteiger partial charge in [0.1, 0.15) is 0 Å². The van der Waals surface area contributed by atoms with Gasteiger partial charge < -0.3 is 9.30 Å². The van der Waals surface area contributed by atoms with E-state index in [1.165, 1.54) is 0 Å². The summed E-state index contributed by atoms with van der Waals surface area (Å²) in [5.41, 5.74) is 7.76. The molecule has 1 N–H and O–H groups in total. The number of halogens is 1. The van der Waals surface area contributed by atoms with Gasteiger partial charge in [-0.3, -0.25) is 25.2 Å². The Balaban J connectivity index is 1.67. The quantitative estimate of drug-likeness (QED) is 0.304. The van der Waals surface area contributed by atoms with Gasteiger partial charge in [0, 0.05) is 24.7 Å². The van der Waals surface area contributed by atoms with Gasteiger partial charge in [-0.2, -0.15) is 0 Å². The Morgan fingerprint density at radius 1 is 1.11 bits per heavy atom. The third-order valence-electron chi connectivity index (χ3n) is 5.52. The maximum Gasteiger partial charge on any atom is 0.253 e. The molecule has 0 spiro atoms. The van der Waals surface area contributed by atoms with E-state index >= 15 is 0 Å². The van der Waals surface area contributed by atoms with Crippen molar-refractivity contribution < 1.29 is 4.74 Å². The molecule has 0 atom stereocenters. The number of aromatic nitrogens is 3. The highest BCUT2D eigenvalue weighted by atomic mass is 35.5. The lowest BCUT2D eigenvalue weighted by atomic mass is 10.1. The molecule has 2 aromatic heterocycles. The van der Waals surface area contributed by atoms with Crippen LogP contribution in [0.25, 0.3) is 0 Å². The van der Waals surface area contributed by atoms with Gasteiger partial charge in [0.2, 0.25) is 0 Å². The SMILES string of the molecule is C=CN(Nc1cc(=O)n(Cc2cnccn2)c(COCc2ccccc2)c1C)c1ccccc1Cl. The van der Waals surface area contributed by atoms with E-state index in [-0.39, 0.29) is 18.7 Å². The van der Waals surface area contributed by atoms with Crippen LogP contribution in [0.3, 0.4) is 0 Å². The first-order valence-electron chi connectivity index (χ1n) is 11.1. The molecule has 0 unspecified atom stereocenters. The summed E-state index contributed by atoms with van der Waals surface area (Å²) in [6.45, 7) is 6.79. The predicted molar refractivity (Wildman–Crippen MR) is 139 cm³/mol. The maximum absolute atomic E-state index is 13.3. The Morgan fingerprint density at radius 2 is 1.89 bits per heavy atom. The molecule has 0 aliphatic heterocycles. The summed E-state index contributed by atoms with van der Waals surface area (Å²) in [6.07, 6.45) is 6.48. The van der Waals surface area contributed by atoms with E-state index in [0.717, 1.165) is 16.8 Å². The van der Waals surface area contributed by atoms with Crippen molar-refractivity contribution in [3.05, 3.63) is 130 Å². The summed E-state index contributed by atoms with van der Waals surface area (Å²) in [5.74, 6) is 0. The zero-order valence-electron chi connectivity index (χ0n) is 19.4. The number of pyridine rings is 1. The number of hydrazine groups is 1. The second-order valence-electron chi connectivity index (χ2n) is 7.85. The monoisotopic (exact) mass is 487 g/mol. The maximum atomic E-state index is 13.3. The summed E-state index contributed by atoms with van der Waals surface area (Å²) in [6, 6.07) is 18.9. The summed E-state index contributed by atoms with van der Waals surface area (Å²) >= 11 is 6.38. The first kappa shape index (κ1) is 24.2. The Labute approximate surface area is 209 Å². The topological polar surface area (TPSA) is 72.3 Å². The molecule has 0 radical (unpaired) electrons. The summed E-state index contributed by atoms with van der Waals surface area (Å²) < 4.78 is 7.70.